The highest BCUT2D eigenvalue weighted by Crippen LogP contribution is 2.36. The Kier molecular flexibility index (Phi) is 7.81. The third kappa shape index (κ3) is 5.70. The van der Waals surface area contributed by atoms with Crippen molar-refractivity contribution in [3.63, 3.8) is 0 Å². The van der Waals surface area contributed by atoms with Gasteiger partial charge in [-0.05, 0) is 49.9 Å². The summed E-state index contributed by atoms with van der Waals surface area (Å²) in [6.07, 6.45) is 4.92. The van der Waals surface area contributed by atoms with E-state index < -0.39 is 16.1 Å². The molecule has 0 saturated heterocycles. The minimum Gasteiger partial charge on any atom is -0.487 e. The number of ether oxygens (including phenoxy) is 1. The van der Waals surface area contributed by atoms with Crippen molar-refractivity contribution in [2.45, 2.75) is 37.4 Å². The van der Waals surface area contributed by atoms with Gasteiger partial charge in [-0.2, -0.15) is 4.31 Å². The van der Waals surface area contributed by atoms with Crippen molar-refractivity contribution in [2.24, 2.45) is 5.92 Å². The van der Waals surface area contributed by atoms with Crippen LogP contribution in [0.15, 0.2) is 72.0 Å². The molecule has 0 spiro atoms. The standard InChI is InChI=1S/C26H32N4O4S/c1-19-15-30(20(2)18-31)35(32,33)26-10-9-21(22-7-6-11-27-14-22)13-24(26)34-25(19)17-29(3)16-23-8-4-5-12-28-23/h4-14,19-20,25,31H,15-18H2,1-3H3/t19-,20+,25-/m1/s1. The number of benzene rings is 1. The molecule has 8 nitrogen and oxygen atoms in total. The summed E-state index contributed by atoms with van der Waals surface area (Å²) in [4.78, 5) is 10.8. The summed E-state index contributed by atoms with van der Waals surface area (Å²) in [5, 5.41) is 9.82. The predicted octanol–water partition coefficient (Wildman–Crippen LogP) is 3.04. The van der Waals surface area contributed by atoms with Crippen molar-refractivity contribution in [2.75, 3.05) is 26.7 Å². The van der Waals surface area contributed by atoms with Crippen molar-refractivity contribution in [3.8, 4) is 16.9 Å². The van der Waals surface area contributed by atoms with Crippen molar-refractivity contribution >= 4 is 10.0 Å². The van der Waals surface area contributed by atoms with Crippen LogP contribution in [0.5, 0.6) is 5.75 Å². The van der Waals surface area contributed by atoms with Crippen LogP contribution < -0.4 is 4.74 Å². The summed E-state index contributed by atoms with van der Waals surface area (Å²) < 4.78 is 35.2. The Bertz CT molecular complexity index is 1220. The molecule has 35 heavy (non-hydrogen) atoms. The van der Waals surface area contributed by atoms with Crippen molar-refractivity contribution < 1.29 is 18.3 Å². The molecule has 2 aromatic heterocycles. The molecule has 0 fully saturated rings. The van der Waals surface area contributed by atoms with Crippen molar-refractivity contribution in [1.82, 2.24) is 19.2 Å². The first-order chi connectivity index (χ1) is 16.8. The summed E-state index contributed by atoms with van der Waals surface area (Å²) in [7, 11) is -1.88. The van der Waals surface area contributed by atoms with Crippen molar-refractivity contribution in [3.05, 3.63) is 72.8 Å². The molecule has 9 heteroatoms. The number of aromatic nitrogens is 2. The van der Waals surface area contributed by atoms with Gasteiger partial charge in [-0.25, -0.2) is 8.42 Å². The molecule has 0 radical (unpaired) electrons. The first-order valence-corrected chi connectivity index (χ1v) is 13.2. The van der Waals surface area contributed by atoms with Gasteiger partial charge in [0.05, 0.1) is 12.3 Å². The van der Waals surface area contributed by atoms with Gasteiger partial charge in [0.25, 0.3) is 0 Å². The summed E-state index contributed by atoms with van der Waals surface area (Å²) >= 11 is 0. The maximum absolute atomic E-state index is 13.6. The van der Waals surface area contributed by atoms with Crippen molar-refractivity contribution in [1.29, 1.82) is 0 Å². The van der Waals surface area contributed by atoms with E-state index >= 15 is 0 Å². The van der Waals surface area contributed by atoms with E-state index in [2.05, 4.69) is 14.9 Å². The third-order valence-electron chi connectivity index (χ3n) is 6.31. The average Bonchev–Trinajstić information content (AvgIpc) is 2.86. The fraction of sp³-hybridized carbons (Fsp3) is 0.385. The maximum Gasteiger partial charge on any atom is 0.247 e. The number of aliphatic hydroxyl groups is 1. The molecule has 0 amide bonds. The van der Waals surface area contributed by atoms with E-state index in [1.165, 1.54) is 4.31 Å². The quantitative estimate of drug-likeness (QED) is 0.537. The fourth-order valence-electron chi connectivity index (χ4n) is 4.30. The molecular formula is C26H32N4O4S. The second-order valence-corrected chi connectivity index (χ2v) is 11.0. The van der Waals surface area contributed by atoms with E-state index in [9.17, 15) is 13.5 Å². The monoisotopic (exact) mass is 496 g/mol. The Morgan fingerprint density at radius 2 is 2.00 bits per heavy atom. The molecule has 0 saturated carbocycles. The zero-order valence-electron chi connectivity index (χ0n) is 20.3. The summed E-state index contributed by atoms with van der Waals surface area (Å²) in [5.41, 5.74) is 2.64. The SMILES string of the molecule is C[C@@H]1CN([C@@H](C)CO)S(=O)(=O)c2ccc(-c3cccnc3)cc2O[C@@H]1CN(C)Cc1ccccn1. The Balaban J connectivity index is 1.72. The molecule has 186 valence electrons. The highest BCUT2D eigenvalue weighted by Gasteiger charge is 2.38. The lowest BCUT2D eigenvalue weighted by molar-refractivity contribution is 0.0731. The van der Waals surface area contributed by atoms with Crippen LogP contribution in [0.4, 0.5) is 0 Å². The number of hydrogen-bond acceptors (Lipinski definition) is 7. The summed E-state index contributed by atoms with van der Waals surface area (Å²) in [6, 6.07) is 14.2. The second-order valence-electron chi connectivity index (χ2n) is 9.16. The van der Waals surface area contributed by atoms with E-state index in [4.69, 9.17) is 4.74 Å². The molecule has 3 atom stereocenters. The molecule has 1 aliphatic heterocycles. The van der Waals surface area contributed by atoms with Crippen LogP contribution in [0.2, 0.25) is 0 Å². The Morgan fingerprint density at radius 3 is 2.69 bits per heavy atom. The Labute approximate surface area is 207 Å². The summed E-state index contributed by atoms with van der Waals surface area (Å²) in [5.74, 6) is 0.185. The van der Waals surface area contributed by atoms with Crippen LogP contribution in [-0.2, 0) is 16.6 Å². The molecule has 0 bridgehead atoms. The van der Waals surface area contributed by atoms with Gasteiger partial charge < -0.3 is 9.84 Å². The van der Waals surface area contributed by atoms with Gasteiger partial charge in [-0.3, -0.25) is 14.9 Å². The van der Waals surface area contributed by atoms with E-state index in [1.807, 2.05) is 44.3 Å². The van der Waals surface area contributed by atoms with E-state index in [0.717, 1.165) is 16.8 Å². The number of rotatable bonds is 7. The zero-order valence-corrected chi connectivity index (χ0v) is 21.1. The molecule has 1 aromatic carbocycles. The first kappa shape index (κ1) is 25.2. The lowest BCUT2D eigenvalue weighted by Gasteiger charge is -2.37. The number of likely N-dealkylation sites (N-methyl/N-ethyl adjacent to an activating group) is 1. The van der Waals surface area contributed by atoms with Gasteiger partial charge in [0.2, 0.25) is 10.0 Å². The smallest absolute Gasteiger partial charge is 0.247 e. The summed E-state index contributed by atoms with van der Waals surface area (Å²) in [6.45, 7) is 4.91. The van der Waals surface area contributed by atoms with Crippen LogP contribution >= 0.6 is 0 Å². The molecule has 0 unspecified atom stereocenters. The van der Waals surface area contributed by atoms with Crippen LogP contribution in [0.1, 0.15) is 19.5 Å². The first-order valence-electron chi connectivity index (χ1n) is 11.7. The number of pyridine rings is 2. The van der Waals surface area contributed by atoms with Gasteiger partial charge >= 0.3 is 0 Å². The number of nitrogens with zero attached hydrogens (tertiary/aromatic N) is 4. The van der Waals surface area contributed by atoms with Crippen LogP contribution in [-0.4, -0.2) is 71.6 Å². The minimum absolute atomic E-state index is 0.106. The topological polar surface area (TPSA) is 95.9 Å². The molecule has 4 rings (SSSR count). The highest BCUT2D eigenvalue weighted by molar-refractivity contribution is 7.89. The fourth-order valence-corrected chi connectivity index (χ4v) is 6.12. The third-order valence-corrected chi connectivity index (χ3v) is 8.33. The van der Waals surface area contributed by atoms with Gasteiger partial charge in [-0.15, -0.1) is 0 Å². The van der Waals surface area contributed by atoms with E-state index in [-0.39, 0.29) is 30.1 Å². The molecule has 3 heterocycles. The van der Waals surface area contributed by atoms with E-state index in [1.54, 1.807) is 43.7 Å². The molecule has 0 aliphatic carbocycles. The van der Waals surface area contributed by atoms with Gasteiger partial charge in [0.15, 0.2) is 0 Å². The van der Waals surface area contributed by atoms with Gasteiger partial charge in [0.1, 0.15) is 16.7 Å². The van der Waals surface area contributed by atoms with Gasteiger partial charge in [0, 0.05) is 55.7 Å². The van der Waals surface area contributed by atoms with Crippen LogP contribution in [0, 0.1) is 5.92 Å². The number of fused-ring (bicyclic) bond motifs is 1. The number of aliphatic hydroxyl groups excluding tert-OH is 1. The Hall–Kier alpha value is -2.85. The molecule has 3 aromatic rings. The largest absolute Gasteiger partial charge is 0.487 e. The molecular weight excluding hydrogens is 464 g/mol. The zero-order chi connectivity index (χ0) is 25.0. The Morgan fingerprint density at radius 1 is 1.17 bits per heavy atom. The second kappa shape index (κ2) is 10.8. The van der Waals surface area contributed by atoms with Crippen LogP contribution in [0.3, 0.4) is 0 Å². The predicted molar refractivity (Wildman–Crippen MR) is 134 cm³/mol. The molecule has 1 aliphatic rings. The lowest BCUT2D eigenvalue weighted by atomic mass is 10.0. The maximum atomic E-state index is 13.6. The highest BCUT2D eigenvalue weighted by atomic mass is 32.2. The molecule has 1 N–H and O–H groups in total. The number of hydrogen-bond donors (Lipinski definition) is 1. The van der Waals surface area contributed by atoms with Gasteiger partial charge in [-0.1, -0.05) is 25.1 Å². The number of sulfonamides is 1. The normalized spacial score (nSPS) is 20.9. The average molecular weight is 497 g/mol. The van der Waals surface area contributed by atoms with Crippen LogP contribution in [0.25, 0.3) is 11.1 Å². The van der Waals surface area contributed by atoms with E-state index in [0.29, 0.717) is 18.8 Å². The lowest BCUT2D eigenvalue weighted by Crippen LogP contribution is -2.49. The minimum atomic E-state index is -3.88.